The fourth-order valence-corrected chi connectivity index (χ4v) is 2.63. The van der Waals surface area contributed by atoms with Gasteiger partial charge < -0.3 is 10.2 Å². The van der Waals surface area contributed by atoms with Gasteiger partial charge in [0.15, 0.2) is 0 Å². The van der Waals surface area contributed by atoms with E-state index < -0.39 is 17.5 Å². The molecule has 0 atom stereocenters. The number of carbonyl (C=O) groups excluding carboxylic acids is 2. The number of hydrogen-bond donors (Lipinski definition) is 1. The van der Waals surface area contributed by atoms with E-state index in [0.717, 1.165) is 6.54 Å². The normalized spacial score (nSPS) is 17.8. The van der Waals surface area contributed by atoms with Gasteiger partial charge in [0.1, 0.15) is 5.82 Å². The summed E-state index contributed by atoms with van der Waals surface area (Å²) in [6.45, 7) is 1.06. The Labute approximate surface area is 120 Å². The van der Waals surface area contributed by atoms with Crippen molar-refractivity contribution in [2.45, 2.75) is 25.3 Å². The molecule has 1 aliphatic heterocycles. The zero-order valence-corrected chi connectivity index (χ0v) is 11.5. The van der Waals surface area contributed by atoms with Crippen molar-refractivity contribution in [3.05, 3.63) is 28.5 Å². The van der Waals surface area contributed by atoms with Gasteiger partial charge in [0.05, 0.1) is 16.3 Å². The molecule has 1 saturated carbocycles. The number of anilines is 1. The van der Waals surface area contributed by atoms with Crippen molar-refractivity contribution in [2.75, 3.05) is 18.0 Å². The van der Waals surface area contributed by atoms with Gasteiger partial charge in [0.2, 0.25) is 0 Å². The van der Waals surface area contributed by atoms with Crippen LogP contribution in [0.2, 0.25) is 5.02 Å². The molecule has 1 N–H and O–H groups in total. The van der Waals surface area contributed by atoms with Gasteiger partial charge in [-0.25, -0.2) is 4.39 Å². The van der Waals surface area contributed by atoms with Crippen LogP contribution in [0.5, 0.6) is 0 Å². The van der Waals surface area contributed by atoms with E-state index in [1.807, 2.05) is 0 Å². The third kappa shape index (κ3) is 2.31. The molecule has 6 heteroatoms. The number of nitrogens with zero attached hydrogens (tertiary/aromatic N) is 1. The monoisotopic (exact) mass is 296 g/mol. The largest absolute Gasteiger partial charge is 0.314 e. The maximum absolute atomic E-state index is 13.9. The topological polar surface area (TPSA) is 49.4 Å². The van der Waals surface area contributed by atoms with Gasteiger partial charge in [-0.2, -0.15) is 0 Å². The maximum Gasteiger partial charge on any atom is 0.299 e. The van der Waals surface area contributed by atoms with Crippen LogP contribution in [0.1, 0.15) is 29.6 Å². The molecule has 3 rings (SSSR count). The van der Waals surface area contributed by atoms with Crippen molar-refractivity contribution < 1.29 is 14.0 Å². The Morgan fingerprint density at radius 2 is 2.10 bits per heavy atom. The van der Waals surface area contributed by atoms with Gasteiger partial charge in [0, 0.05) is 12.6 Å². The van der Waals surface area contributed by atoms with Crippen LogP contribution in [0.25, 0.3) is 0 Å². The smallest absolute Gasteiger partial charge is 0.299 e. The average molecular weight is 297 g/mol. The Hall–Kier alpha value is -1.46. The van der Waals surface area contributed by atoms with Crippen LogP contribution in [0.4, 0.5) is 10.1 Å². The zero-order valence-electron chi connectivity index (χ0n) is 10.8. The van der Waals surface area contributed by atoms with Crippen LogP contribution in [-0.2, 0) is 4.79 Å². The molecule has 0 saturated heterocycles. The lowest BCUT2D eigenvalue weighted by Crippen LogP contribution is -2.33. The number of carbonyl (C=O) groups is 2. The number of amides is 1. The van der Waals surface area contributed by atoms with Crippen LogP contribution in [0.3, 0.4) is 0 Å². The minimum atomic E-state index is -0.723. The summed E-state index contributed by atoms with van der Waals surface area (Å²) in [7, 11) is 0. The van der Waals surface area contributed by atoms with E-state index in [2.05, 4.69) is 5.32 Å². The second-order valence-electron chi connectivity index (χ2n) is 5.12. The summed E-state index contributed by atoms with van der Waals surface area (Å²) in [5.74, 6) is -2.00. The average Bonchev–Trinajstić information content (AvgIpc) is 3.21. The molecule has 1 fully saturated rings. The zero-order chi connectivity index (χ0) is 14.3. The summed E-state index contributed by atoms with van der Waals surface area (Å²) >= 11 is 5.90. The van der Waals surface area contributed by atoms with E-state index in [1.165, 1.54) is 29.9 Å². The van der Waals surface area contributed by atoms with Crippen molar-refractivity contribution in [3.63, 3.8) is 0 Å². The standard InChI is InChI=1S/C14H14ClFN2O2/c15-9-4-5-10(16)12-11(9)13(19)14(20)18(12)7-1-6-17-8-2-3-8/h4-5,8,17H,1-3,6-7H2. The number of halogens is 2. The van der Waals surface area contributed by atoms with Crippen molar-refractivity contribution in [1.29, 1.82) is 0 Å². The second kappa shape index (κ2) is 5.14. The number of ketones is 1. The summed E-state index contributed by atoms with van der Waals surface area (Å²) in [6, 6.07) is 3.08. The van der Waals surface area contributed by atoms with E-state index >= 15 is 0 Å². The molecule has 1 aliphatic carbocycles. The summed E-state index contributed by atoms with van der Waals surface area (Å²) in [4.78, 5) is 25.0. The lowest BCUT2D eigenvalue weighted by Gasteiger charge is -2.17. The number of fused-ring (bicyclic) bond motifs is 1. The van der Waals surface area contributed by atoms with E-state index in [9.17, 15) is 14.0 Å². The van der Waals surface area contributed by atoms with Crippen molar-refractivity contribution in [1.82, 2.24) is 5.32 Å². The predicted molar refractivity (Wildman–Crippen MR) is 73.7 cm³/mol. The Balaban J connectivity index is 1.76. The Bertz CT molecular complexity index is 587. The molecule has 1 heterocycles. The number of rotatable bonds is 5. The first-order valence-corrected chi connectivity index (χ1v) is 7.05. The first-order valence-electron chi connectivity index (χ1n) is 6.67. The van der Waals surface area contributed by atoms with Crippen LogP contribution in [0.15, 0.2) is 12.1 Å². The summed E-state index contributed by atoms with van der Waals surface area (Å²) < 4.78 is 13.9. The van der Waals surface area contributed by atoms with E-state index in [4.69, 9.17) is 11.6 Å². The van der Waals surface area contributed by atoms with Crippen LogP contribution < -0.4 is 10.2 Å². The molecule has 20 heavy (non-hydrogen) atoms. The fourth-order valence-electron chi connectivity index (χ4n) is 2.40. The van der Waals surface area contributed by atoms with Crippen LogP contribution in [0, 0.1) is 5.82 Å². The molecular weight excluding hydrogens is 283 g/mol. The van der Waals surface area contributed by atoms with Gasteiger partial charge in [-0.3, -0.25) is 9.59 Å². The summed E-state index contributed by atoms with van der Waals surface area (Å²) in [5, 5.41) is 3.44. The quantitative estimate of drug-likeness (QED) is 0.669. The molecule has 4 nitrogen and oxygen atoms in total. The van der Waals surface area contributed by atoms with Gasteiger partial charge in [-0.1, -0.05) is 11.6 Å². The molecule has 1 aromatic rings. The number of hydrogen-bond acceptors (Lipinski definition) is 3. The van der Waals surface area contributed by atoms with E-state index in [1.54, 1.807) is 0 Å². The third-order valence-electron chi connectivity index (χ3n) is 3.58. The molecule has 1 amide bonds. The van der Waals surface area contributed by atoms with Gasteiger partial charge in [-0.05, 0) is 37.9 Å². The Kier molecular flexibility index (Phi) is 3.48. The molecule has 0 unspecified atom stereocenters. The SMILES string of the molecule is O=C1C(=O)N(CCCNC2CC2)c2c(F)ccc(Cl)c21. The molecule has 2 aliphatic rings. The van der Waals surface area contributed by atoms with Crippen molar-refractivity contribution in [3.8, 4) is 0 Å². The highest BCUT2D eigenvalue weighted by Gasteiger charge is 2.39. The third-order valence-corrected chi connectivity index (χ3v) is 3.90. The van der Waals surface area contributed by atoms with Crippen molar-refractivity contribution >= 4 is 29.0 Å². The highest BCUT2D eigenvalue weighted by molar-refractivity contribution is 6.55. The summed E-state index contributed by atoms with van der Waals surface area (Å²) in [6.07, 6.45) is 3.04. The highest BCUT2D eigenvalue weighted by Crippen LogP contribution is 2.36. The molecule has 0 aromatic heterocycles. The van der Waals surface area contributed by atoms with Gasteiger partial charge in [-0.15, -0.1) is 0 Å². The van der Waals surface area contributed by atoms with Crippen LogP contribution >= 0.6 is 11.6 Å². The minimum Gasteiger partial charge on any atom is -0.314 e. The Morgan fingerprint density at radius 1 is 1.35 bits per heavy atom. The first kappa shape index (κ1) is 13.5. The van der Waals surface area contributed by atoms with E-state index in [0.29, 0.717) is 19.0 Å². The lowest BCUT2D eigenvalue weighted by atomic mass is 10.1. The molecule has 0 spiro atoms. The predicted octanol–water partition coefficient (Wildman–Crippen LogP) is 2.15. The van der Waals surface area contributed by atoms with E-state index in [-0.39, 0.29) is 16.3 Å². The minimum absolute atomic E-state index is 0.00758. The Morgan fingerprint density at radius 3 is 2.80 bits per heavy atom. The number of nitrogens with one attached hydrogen (secondary N) is 1. The molecule has 106 valence electrons. The van der Waals surface area contributed by atoms with Gasteiger partial charge in [0.25, 0.3) is 11.7 Å². The lowest BCUT2D eigenvalue weighted by molar-refractivity contribution is -0.114. The first-order chi connectivity index (χ1) is 9.59. The highest BCUT2D eigenvalue weighted by atomic mass is 35.5. The molecule has 0 radical (unpaired) electrons. The molecule has 1 aromatic carbocycles. The van der Waals surface area contributed by atoms with Gasteiger partial charge >= 0.3 is 0 Å². The molecular formula is C14H14ClFN2O2. The second-order valence-corrected chi connectivity index (χ2v) is 5.53. The van der Waals surface area contributed by atoms with Crippen LogP contribution in [-0.4, -0.2) is 30.8 Å². The maximum atomic E-state index is 13.9. The van der Waals surface area contributed by atoms with Crippen molar-refractivity contribution in [2.24, 2.45) is 0 Å². The summed E-state index contributed by atoms with van der Waals surface area (Å²) in [5.41, 5.74) is 0.0192. The number of benzene rings is 1. The fraction of sp³-hybridized carbons (Fsp3) is 0.429. The molecule has 0 bridgehead atoms. The number of Topliss-reactive ketones (excluding diaryl/α,β-unsaturated/α-hetero) is 1.